The summed E-state index contributed by atoms with van der Waals surface area (Å²) in [5.41, 5.74) is 8.13. The molecule has 0 aliphatic carbocycles. The second-order valence-corrected chi connectivity index (χ2v) is 4.42. The summed E-state index contributed by atoms with van der Waals surface area (Å²) in [6, 6.07) is 3.79. The molecule has 5 heteroatoms. The van der Waals surface area contributed by atoms with E-state index in [4.69, 9.17) is 26.5 Å². The molecule has 0 spiro atoms. The summed E-state index contributed by atoms with van der Waals surface area (Å²) in [4.78, 5) is 4.15. The van der Waals surface area contributed by atoms with Gasteiger partial charge in [-0.25, -0.2) is 0 Å². The molecule has 1 heterocycles. The van der Waals surface area contributed by atoms with Gasteiger partial charge in [0.2, 0.25) is 0 Å². The highest BCUT2D eigenvalue weighted by molar-refractivity contribution is 6.31. The predicted octanol–water partition coefficient (Wildman–Crippen LogP) is 3.46. The number of oxazole rings is 1. The first-order chi connectivity index (χ1) is 8.56. The van der Waals surface area contributed by atoms with Crippen molar-refractivity contribution in [2.24, 2.45) is 0 Å². The first-order valence-corrected chi connectivity index (χ1v) is 6.04. The van der Waals surface area contributed by atoms with Gasteiger partial charge in [0.1, 0.15) is 5.75 Å². The molecule has 1 aromatic carbocycles. The minimum Gasteiger partial charge on any atom is -0.496 e. The number of aromatic nitrogens is 1. The van der Waals surface area contributed by atoms with Crippen LogP contribution in [0.25, 0.3) is 11.3 Å². The Kier molecular flexibility index (Phi) is 3.48. The number of benzene rings is 1. The first kappa shape index (κ1) is 12.8. The Labute approximate surface area is 111 Å². The Bertz CT molecular complexity index is 579. The smallest absolute Gasteiger partial charge is 0.292 e. The molecule has 0 atom stereocenters. The third-order valence-corrected chi connectivity index (χ3v) is 2.96. The van der Waals surface area contributed by atoms with Crippen LogP contribution in [0.1, 0.15) is 18.2 Å². The highest BCUT2D eigenvalue weighted by Crippen LogP contribution is 2.38. The Morgan fingerprint density at radius 3 is 2.78 bits per heavy atom. The normalized spacial score (nSPS) is 10.7. The van der Waals surface area contributed by atoms with Crippen LogP contribution >= 0.6 is 11.6 Å². The van der Waals surface area contributed by atoms with Gasteiger partial charge in [-0.15, -0.1) is 0 Å². The summed E-state index contributed by atoms with van der Waals surface area (Å²) in [5.74, 6) is 1.35. The lowest BCUT2D eigenvalue weighted by Crippen LogP contribution is -1.93. The molecule has 0 unspecified atom stereocenters. The number of anilines is 1. The first-order valence-electron chi connectivity index (χ1n) is 5.66. The number of hydrogen-bond donors (Lipinski definition) is 1. The maximum Gasteiger partial charge on any atom is 0.292 e. The lowest BCUT2D eigenvalue weighted by atomic mass is 10.1. The van der Waals surface area contributed by atoms with Crippen LogP contribution in [0.3, 0.4) is 0 Å². The topological polar surface area (TPSA) is 61.3 Å². The van der Waals surface area contributed by atoms with Crippen molar-refractivity contribution in [3.63, 3.8) is 0 Å². The lowest BCUT2D eigenvalue weighted by molar-refractivity contribution is 0.411. The van der Waals surface area contributed by atoms with E-state index in [1.807, 2.05) is 19.9 Å². The molecule has 1 aromatic heterocycles. The van der Waals surface area contributed by atoms with Crippen molar-refractivity contribution in [1.29, 1.82) is 0 Å². The van der Waals surface area contributed by atoms with Crippen molar-refractivity contribution in [1.82, 2.24) is 4.98 Å². The number of nitrogens with zero attached hydrogens (tertiary/aromatic N) is 1. The Morgan fingerprint density at radius 2 is 2.17 bits per heavy atom. The molecule has 2 N–H and O–H groups in total. The summed E-state index contributed by atoms with van der Waals surface area (Å²) in [7, 11) is 1.62. The average Bonchev–Trinajstić information content (AvgIpc) is 2.69. The molecule has 2 aromatic rings. The van der Waals surface area contributed by atoms with E-state index in [9.17, 15) is 0 Å². The Balaban J connectivity index is 2.69. The van der Waals surface area contributed by atoms with E-state index in [1.54, 1.807) is 13.2 Å². The zero-order valence-corrected chi connectivity index (χ0v) is 11.3. The number of hydrogen-bond acceptors (Lipinski definition) is 4. The monoisotopic (exact) mass is 266 g/mol. The van der Waals surface area contributed by atoms with Gasteiger partial charge in [0, 0.05) is 5.02 Å². The fourth-order valence-corrected chi connectivity index (χ4v) is 2.26. The number of nitrogen functional groups attached to an aromatic ring is 1. The van der Waals surface area contributed by atoms with Crippen LogP contribution in [-0.4, -0.2) is 12.1 Å². The van der Waals surface area contributed by atoms with Gasteiger partial charge < -0.3 is 14.9 Å². The number of rotatable bonds is 3. The van der Waals surface area contributed by atoms with Gasteiger partial charge in [0.05, 0.1) is 18.4 Å². The molecular formula is C13H15ClN2O2. The maximum atomic E-state index is 6.08. The number of halogens is 1. The van der Waals surface area contributed by atoms with Gasteiger partial charge in [0.25, 0.3) is 6.01 Å². The Morgan fingerprint density at radius 1 is 1.44 bits per heavy atom. The summed E-state index contributed by atoms with van der Waals surface area (Å²) in [5, 5.41) is 0.625. The van der Waals surface area contributed by atoms with Crippen LogP contribution in [0.4, 0.5) is 6.01 Å². The third kappa shape index (κ3) is 2.16. The minimum absolute atomic E-state index is 0.154. The molecule has 96 valence electrons. The SMILES string of the molecule is CCc1nc(N)oc1-c1cc(Cl)cc(C)c1OC. The van der Waals surface area contributed by atoms with E-state index in [0.29, 0.717) is 10.8 Å². The second-order valence-electron chi connectivity index (χ2n) is 3.98. The molecule has 18 heavy (non-hydrogen) atoms. The van der Waals surface area contributed by atoms with Gasteiger partial charge in [-0.05, 0) is 31.0 Å². The van der Waals surface area contributed by atoms with Gasteiger partial charge in [-0.1, -0.05) is 18.5 Å². The number of methoxy groups -OCH3 is 1. The second kappa shape index (κ2) is 4.90. The molecule has 0 bridgehead atoms. The number of nitrogens with two attached hydrogens (primary N) is 1. The lowest BCUT2D eigenvalue weighted by Gasteiger charge is -2.10. The fraction of sp³-hybridized carbons (Fsp3) is 0.308. The van der Waals surface area contributed by atoms with Gasteiger partial charge >= 0.3 is 0 Å². The molecule has 0 radical (unpaired) electrons. The van der Waals surface area contributed by atoms with Crippen LogP contribution in [0.15, 0.2) is 16.5 Å². The summed E-state index contributed by atoms with van der Waals surface area (Å²) in [6.45, 7) is 3.92. The van der Waals surface area contributed by atoms with Crippen molar-refractivity contribution < 1.29 is 9.15 Å². The average molecular weight is 267 g/mol. The number of aryl methyl sites for hydroxylation is 2. The highest BCUT2D eigenvalue weighted by atomic mass is 35.5. The van der Waals surface area contributed by atoms with Crippen molar-refractivity contribution in [2.45, 2.75) is 20.3 Å². The summed E-state index contributed by atoms with van der Waals surface area (Å²) >= 11 is 6.08. The van der Waals surface area contributed by atoms with Gasteiger partial charge in [-0.3, -0.25) is 0 Å². The van der Waals surface area contributed by atoms with Crippen molar-refractivity contribution in [3.05, 3.63) is 28.4 Å². The molecule has 0 saturated heterocycles. The molecule has 0 fully saturated rings. The molecule has 0 aliphatic rings. The van der Waals surface area contributed by atoms with Crippen molar-refractivity contribution in [2.75, 3.05) is 12.8 Å². The summed E-state index contributed by atoms with van der Waals surface area (Å²) in [6.07, 6.45) is 0.727. The van der Waals surface area contributed by atoms with E-state index >= 15 is 0 Å². The van der Waals surface area contributed by atoms with E-state index < -0.39 is 0 Å². The zero-order valence-electron chi connectivity index (χ0n) is 10.6. The van der Waals surface area contributed by atoms with E-state index in [-0.39, 0.29) is 6.01 Å². The largest absolute Gasteiger partial charge is 0.496 e. The van der Waals surface area contributed by atoms with Crippen LogP contribution in [0.5, 0.6) is 5.75 Å². The highest BCUT2D eigenvalue weighted by Gasteiger charge is 2.18. The zero-order chi connectivity index (χ0) is 13.3. The molecule has 0 saturated carbocycles. The molecule has 0 amide bonds. The van der Waals surface area contributed by atoms with E-state index in [0.717, 1.165) is 29.0 Å². The van der Waals surface area contributed by atoms with E-state index in [2.05, 4.69) is 4.98 Å². The molecular weight excluding hydrogens is 252 g/mol. The minimum atomic E-state index is 0.154. The van der Waals surface area contributed by atoms with E-state index in [1.165, 1.54) is 0 Å². The predicted molar refractivity (Wildman–Crippen MR) is 72.0 cm³/mol. The van der Waals surface area contributed by atoms with Crippen molar-refractivity contribution >= 4 is 17.6 Å². The fourth-order valence-electron chi connectivity index (χ4n) is 1.99. The van der Waals surface area contributed by atoms with Crippen LogP contribution in [-0.2, 0) is 6.42 Å². The molecule has 4 nitrogen and oxygen atoms in total. The third-order valence-electron chi connectivity index (χ3n) is 2.74. The maximum absolute atomic E-state index is 6.08. The van der Waals surface area contributed by atoms with Crippen LogP contribution in [0.2, 0.25) is 5.02 Å². The Hall–Kier alpha value is -1.68. The quantitative estimate of drug-likeness (QED) is 0.924. The molecule has 0 aliphatic heterocycles. The number of ether oxygens (including phenoxy) is 1. The van der Waals surface area contributed by atoms with Gasteiger partial charge in [0.15, 0.2) is 5.76 Å². The standard InChI is InChI=1S/C13H15ClN2O2/c1-4-10-12(18-13(15)16-10)9-6-8(14)5-7(2)11(9)17-3/h5-6H,4H2,1-3H3,(H2,15,16). The van der Waals surface area contributed by atoms with Crippen LogP contribution in [0, 0.1) is 6.92 Å². The van der Waals surface area contributed by atoms with Crippen LogP contribution < -0.4 is 10.5 Å². The van der Waals surface area contributed by atoms with Gasteiger partial charge in [-0.2, -0.15) is 4.98 Å². The molecule has 2 rings (SSSR count). The summed E-state index contributed by atoms with van der Waals surface area (Å²) < 4.78 is 10.9. The van der Waals surface area contributed by atoms with Crippen molar-refractivity contribution in [3.8, 4) is 17.1 Å².